The number of nitriles is 1. The molecule has 0 unspecified atom stereocenters. The number of methoxy groups -OCH3 is 1. The van der Waals surface area contributed by atoms with Crippen LogP contribution in [0.4, 0.5) is 11.4 Å². The number of nitrogens with one attached hydrogen (secondary N) is 1. The fourth-order valence-corrected chi connectivity index (χ4v) is 3.71. The maximum atomic E-state index is 11.7. The maximum Gasteiger partial charge on any atom is 0.332 e. The molecule has 3 rings (SSSR count). The van der Waals surface area contributed by atoms with Crippen molar-refractivity contribution in [2.75, 3.05) is 12.4 Å². The fraction of sp³-hybridized carbons (Fsp3) is 0.208. The summed E-state index contributed by atoms with van der Waals surface area (Å²) in [5, 5.41) is 23.8. The number of nitrogens with zero attached hydrogens (tertiary/aromatic N) is 2. The summed E-state index contributed by atoms with van der Waals surface area (Å²) in [4.78, 5) is 16.1. The van der Waals surface area contributed by atoms with E-state index in [4.69, 9.17) is 27.9 Å². The molecule has 1 heterocycles. The van der Waals surface area contributed by atoms with Crippen LogP contribution in [-0.4, -0.2) is 23.2 Å². The van der Waals surface area contributed by atoms with Gasteiger partial charge in [0.2, 0.25) is 0 Å². The lowest BCUT2D eigenvalue weighted by Crippen LogP contribution is -2.17. The number of aromatic nitrogens is 1. The van der Waals surface area contributed by atoms with E-state index in [2.05, 4.69) is 16.4 Å². The first kappa shape index (κ1) is 23.4. The van der Waals surface area contributed by atoms with E-state index in [0.717, 1.165) is 0 Å². The number of carboxylic acids is 1. The minimum Gasteiger partial charge on any atom is -0.495 e. The van der Waals surface area contributed by atoms with Gasteiger partial charge in [0, 0.05) is 23.2 Å². The monoisotopic (exact) mass is 469 g/mol. The minimum absolute atomic E-state index is 0.281. The third-order valence-corrected chi connectivity index (χ3v) is 5.47. The standard InChI is InChI=1S/C24H21Cl2N3O3/c1-24(2,3)16(23(30)31)7-13-5-6-15-19(8-13)28-12-14(11-27)22(15)29-20-10-21(32-4)18(26)9-17(20)25/h5-10,12H,1-4H3,(H,28,29)(H,30,31). The second-order valence-electron chi connectivity index (χ2n) is 8.14. The Bertz CT molecular complexity index is 1290. The first-order valence-corrected chi connectivity index (χ1v) is 10.4. The molecule has 8 heteroatoms. The zero-order chi connectivity index (χ0) is 23.6. The van der Waals surface area contributed by atoms with Crippen LogP contribution < -0.4 is 10.1 Å². The molecule has 0 fully saturated rings. The van der Waals surface area contributed by atoms with Gasteiger partial charge in [-0.15, -0.1) is 0 Å². The van der Waals surface area contributed by atoms with Crippen LogP contribution >= 0.6 is 23.2 Å². The highest BCUT2D eigenvalue weighted by Crippen LogP contribution is 2.38. The number of benzene rings is 2. The number of anilines is 2. The SMILES string of the molecule is COc1cc(Nc2c(C#N)cnc3cc(C=C(C(=O)O)C(C)(C)C)ccc23)c(Cl)cc1Cl. The third kappa shape index (κ3) is 4.80. The Balaban J connectivity index is 2.14. The molecule has 0 aliphatic rings. The lowest BCUT2D eigenvalue weighted by molar-refractivity contribution is -0.133. The number of carbonyl (C=O) groups is 1. The highest BCUT2D eigenvalue weighted by Gasteiger charge is 2.23. The molecule has 2 N–H and O–H groups in total. The van der Waals surface area contributed by atoms with Crippen molar-refractivity contribution in [3.8, 4) is 11.8 Å². The normalized spacial score (nSPS) is 11.8. The van der Waals surface area contributed by atoms with Gasteiger partial charge in [-0.1, -0.05) is 56.1 Å². The van der Waals surface area contributed by atoms with Crippen LogP contribution in [0, 0.1) is 16.7 Å². The zero-order valence-electron chi connectivity index (χ0n) is 18.0. The number of aliphatic carboxylic acids is 1. The quantitative estimate of drug-likeness (QED) is 0.404. The van der Waals surface area contributed by atoms with Crippen molar-refractivity contribution in [1.29, 1.82) is 5.26 Å². The van der Waals surface area contributed by atoms with Gasteiger partial charge in [-0.25, -0.2) is 4.79 Å². The summed E-state index contributed by atoms with van der Waals surface area (Å²) >= 11 is 12.5. The molecule has 2 aromatic carbocycles. The van der Waals surface area contributed by atoms with Crippen molar-refractivity contribution in [2.45, 2.75) is 20.8 Å². The van der Waals surface area contributed by atoms with Gasteiger partial charge in [0.05, 0.1) is 39.6 Å². The number of hydrogen-bond donors (Lipinski definition) is 2. The average Bonchev–Trinajstić information content (AvgIpc) is 2.72. The second-order valence-corrected chi connectivity index (χ2v) is 8.95. The number of rotatable bonds is 5. The van der Waals surface area contributed by atoms with E-state index in [-0.39, 0.29) is 5.57 Å². The molecule has 0 spiro atoms. The molecule has 0 aliphatic carbocycles. The van der Waals surface area contributed by atoms with Crippen molar-refractivity contribution in [3.05, 3.63) is 63.3 Å². The molecule has 0 atom stereocenters. The first-order valence-electron chi connectivity index (χ1n) is 9.63. The molecule has 0 bridgehead atoms. The van der Waals surface area contributed by atoms with Crippen LogP contribution in [0.25, 0.3) is 17.0 Å². The van der Waals surface area contributed by atoms with Crippen molar-refractivity contribution in [2.24, 2.45) is 5.41 Å². The Morgan fingerprint density at radius 1 is 1.22 bits per heavy atom. The first-order chi connectivity index (χ1) is 15.0. The Kier molecular flexibility index (Phi) is 6.63. The van der Waals surface area contributed by atoms with Crippen LogP contribution in [0.1, 0.15) is 31.9 Å². The zero-order valence-corrected chi connectivity index (χ0v) is 19.5. The number of ether oxygens (including phenoxy) is 1. The van der Waals surface area contributed by atoms with Crippen molar-refractivity contribution >= 4 is 57.5 Å². The lowest BCUT2D eigenvalue weighted by Gasteiger charge is -2.19. The Morgan fingerprint density at radius 3 is 2.53 bits per heavy atom. The van der Waals surface area contributed by atoms with Crippen LogP contribution in [0.15, 0.2) is 42.1 Å². The van der Waals surface area contributed by atoms with Gasteiger partial charge in [-0.3, -0.25) is 4.98 Å². The number of halogens is 2. The molecule has 164 valence electrons. The molecular formula is C24H21Cl2N3O3. The third-order valence-electron chi connectivity index (χ3n) is 4.86. The Morgan fingerprint density at radius 2 is 1.94 bits per heavy atom. The number of fused-ring (bicyclic) bond motifs is 1. The van der Waals surface area contributed by atoms with Gasteiger partial charge in [-0.05, 0) is 29.2 Å². The summed E-state index contributed by atoms with van der Waals surface area (Å²) in [5.74, 6) is -0.537. The van der Waals surface area contributed by atoms with Crippen LogP contribution in [0.5, 0.6) is 5.75 Å². The van der Waals surface area contributed by atoms with Crippen molar-refractivity contribution < 1.29 is 14.6 Å². The topological polar surface area (TPSA) is 95.2 Å². The Hall–Kier alpha value is -3.27. The molecule has 32 heavy (non-hydrogen) atoms. The molecule has 0 amide bonds. The summed E-state index contributed by atoms with van der Waals surface area (Å²) < 4.78 is 5.26. The molecule has 0 saturated carbocycles. The molecule has 1 aromatic heterocycles. The average molecular weight is 470 g/mol. The van der Waals surface area contributed by atoms with E-state index in [0.29, 0.717) is 49.2 Å². The molecule has 6 nitrogen and oxygen atoms in total. The molecule has 0 radical (unpaired) electrons. The van der Waals surface area contributed by atoms with Crippen LogP contribution in [0.3, 0.4) is 0 Å². The maximum absolute atomic E-state index is 11.7. The number of hydrogen-bond acceptors (Lipinski definition) is 5. The molecule has 0 saturated heterocycles. The Labute approximate surface area is 196 Å². The van der Waals surface area contributed by atoms with Crippen LogP contribution in [-0.2, 0) is 4.79 Å². The largest absolute Gasteiger partial charge is 0.495 e. The van der Waals surface area contributed by atoms with Crippen LogP contribution in [0.2, 0.25) is 10.0 Å². The molecule has 0 aliphatic heterocycles. The van der Waals surface area contributed by atoms with Gasteiger partial charge >= 0.3 is 5.97 Å². The van der Waals surface area contributed by atoms with Gasteiger partial charge < -0.3 is 15.2 Å². The van der Waals surface area contributed by atoms with Gasteiger partial charge in [-0.2, -0.15) is 5.26 Å². The summed E-state index contributed by atoms with van der Waals surface area (Å²) in [6.45, 7) is 5.53. The lowest BCUT2D eigenvalue weighted by atomic mass is 9.85. The second kappa shape index (κ2) is 9.07. The van der Waals surface area contributed by atoms with Gasteiger partial charge in [0.25, 0.3) is 0 Å². The van der Waals surface area contributed by atoms with Crippen molar-refractivity contribution in [3.63, 3.8) is 0 Å². The number of pyridine rings is 1. The predicted molar refractivity (Wildman–Crippen MR) is 128 cm³/mol. The summed E-state index contributed by atoms with van der Waals surface area (Å²) in [7, 11) is 1.50. The van der Waals surface area contributed by atoms with E-state index in [1.54, 1.807) is 36.4 Å². The summed E-state index contributed by atoms with van der Waals surface area (Å²) in [5.41, 5.74) is 2.40. The minimum atomic E-state index is -0.973. The highest BCUT2D eigenvalue weighted by atomic mass is 35.5. The predicted octanol–water partition coefficient (Wildman–Crippen LogP) is 6.68. The van der Waals surface area contributed by atoms with E-state index >= 15 is 0 Å². The fourth-order valence-electron chi connectivity index (χ4n) is 3.20. The van der Waals surface area contributed by atoms with E-state index < -0.39 is 11.4 Å². The molecule has 3 aromatic rings. The number of carboxylic acid groups (broad SMARTS) is 1. The molecular weight excluding hydrogens is 449 g/mol. The van der Waals surface area contributed by atoms with E-state index in [1.807, 2.05) is 20.8 Å². The van der Waals surface area contributed by atoms with Crippen molar-refractivity contribution in [1.82, 2.24) is 4.98 Å². The smallest absolute Gasteiger partial charge is 0.332 e. The van der Waals surface area contributed by atoms with Gasteiger partial charge in [0.15, 0.2) is 0 Å². The summed E-state index contributed by atoms with van der Waals surface area (Å²) in [6.07, 6.45) is 3.09. The van der Waals surface area contributed by atoms with E-state index in [1.165, 1.54) is 13.3 Å². The van der Waals surface area contributed by atoms with Gasteiger partial charge in [0.1, 0.15) is 11.8 Å². The highest BCUT2D eigenvalue weighted by molar-refractivity contribution is 6.37. The van der Waals surface area contributed by atoms with E-state index in [9.17, 15) is 15.2 Å². The summed E-state index contributed by atoms with van der Waals surface area (Å²) in [6, 6.07) is 10.7.